The van der Waals surface area contributed by atoms with E-state index in [0.717, 1.165) is 0 Å². The third-order valence-electron chi connectivity index (χ3n) is 5.66. The molecule has 0 aliphatic carbocycles. The van der Waals surface area contributed by atoms with Crippen LogP contribution in [0.1, 0.15) is 59.8 Å². The number of carboxylic acid groups (broad SMARTS) is 2. The number of rotatable bonds is 16. The Balaban J connectivity index is 5.68. The maximum absolute atomic E-state index is 12.8. The summed E-state index contributed by atoms with van der Waals surface area (Å²) in [5.41, 5.74) is 11.0. The molecule has 9 N–H and O–H groups in total. The van der Waals surface area contributed by atoms with Gasteiger partial charge in [0, 0.05) is 6.42 Å². The molecule has 0 aliphatic heterocycles. The average Bonchev–Trinajstić information content (AvgIpc) is 2.76. The van der Waals surface area contributed by atoms with E-state index >= 15 is 0 Å². The monoisotopic (exact) mass is 487 g/mol. The fourth-order valence-electron chi connectivity index (χ4n) is 2.93. The van der Waals surface area contributed by atoms with Crippen LogP contribution >= 0.6 is 0 Å². The molecule has 0 saturated heterocycles. The molecular formula is C21H37N5O8. The average molecular weight is 488 g/mol. The third kappa shape index (κ3) is 10.6. The van der Waals surface area contributed by atoms with Crippen molar-refractivity contribution in [3.05, 3.63) is 0 Å². The molecule has 194 valence electrons. The fourth-order valence-corrected chi connectivity index (χ4v) is 2.93. The summed E-state index contributed by atoms with van der Waals surface area (Å²) in [6.45, 7) is 6.89. The van der Waals surface area contributed by atoms with E-state index in [0.29, 0.717) is 12.8 Å². The van der Waals surface area contributed by atoms with Crippen molar-refractivity contribution in [1.29, 1.82) is 0 Å². The number of aliphatic carboxylic acids is 2. The normalized spacial score (nSPS) is 16.1. The number of amides is 4. The third-order valence-corrected chi connectivity index (χ3v) is 5.66. The zero-order valence-corrected chi connectivity index (χ0v) is 20.0. The van der Waals surface area contributed by atoms with Crippen molar-refractivity contribution in [2.75, 3.05) is 0 Å². The van der Waals surface area contributed by atoms with Crippen LogP contribution in [0.5, 0.6) is 0 Å². The second kappa shape index (κ2) is 14.8. The molecule has 0 bridgehead atoms. The summed E-state index contributed by atoms with van der Waals surface area (Å²) >= 11 is 0. The van der Waals surface area contributed by atoms with E-state index < -0.39 is 72.1 Å². The highest BCUT2D eigenvalue weighted by molar-refractivity contribution is 5.95. The molecule has 34 heavy (non-hydrogen) atoms. The number of hydrogen-bond acceptors (Lipinski definition) is 7. The lowest BCUT2D eigenvalue weighted by molar-refractivity contribution is -0.144. The van der Waals surface area contributed by atoms with Gasteiger partial charge in [-0.2, -0.15) is 0 Å². The predicted octanol–water partition coefficient (Wildman–Crippen LogP) is -1.31. The molecule has 0 aromatic carbocycles. The zero-order valence-electron chi connectivity index (χ0n) is 20.0. The van der Waals surface area contributed by atoms with Gasteiger partial charge in [0.25, 0.3) is 0 Å². The molecule has 0 rings (SSSR count). The van der Waals surface area contributed by atoms with Crippen molar-refractivity contribution in [3.8, 4) is 0 Å². The van der Waals surface area contributed by atoms with Crippen molar-refractivity contribution < 1.29 is 39.0 Å². The summed E-state index contributed by atoms with van der Waals surface area (Å²) in [6.07, 6.45) is -0.354. The number of hydrogen-bond donors (Lipinski definition) is 7. The summed E-state index contributed by atoms with van der Waals surface area (Å²) in [4.78, 5) is 72.0. The molecule has 0 aliphatic rings. The lowest BCUT2D eigenvalue weighted by Crippen LogP contribution is -2.58. The molecule has 0 heterocycles. The number of carboxylic acids is 2. The van der Waals surface area contributed by atoms with Crippen molar-refractivity contribution in [1.82, 2.24) is 16.0 Å². The van der Waals surface area contributed by atoms with Gasteiger partial charge < -0.3 is 37.6 Å². The largest absolute Gasteiger partial charge is 0.481 e. The molecule has 6 atom stereocenters. The topological polar surface area (TPSA) is 231 Å². The second-order valence-electron chi connectivity index (χ2n) is 8.35. The quantitative estimate of drug-likeness (QED) is 0.137. The van der Waals surface area contributed by atoms with Crippen LogP contribution in [0.3, 0.4) is 0 Å². The van der Waals surface area contributed by atoms with Gasteiger partial charge in [-0.15, -0.1) is 0 Å². The van der Waals surface area contributed by atoms with E-state index in [-0.39, 0.29) is 18.8 Å². The Labute approximate surface area is 198 Å². The SMILES string of the molecule is CCC(C)C(N)C(=O)NC(CC(=O)O)C(=O)NC(CCC(N)=O)C(=O)NC(C(=O)O)C(C)CC. The Hall–Kier alpha value is -3.22. The standard InChI is InChI=1S/C21H37N5O8/c1-5-10(3)16(23)20(32)25-13(9-15(28)29)19(31)24-12(7-8-14(22)27)18(30)26-17(21(33)34)11(4)6-2/h10-13,16-17H,5-9,23H2,1-4H3,(H2,22,27)(H,24,31)(H,25,32)(H,26,30)(H,28,29)(H,33,34). The number of nitrogens with two attached hydrogens (primary N) is 2. The van der Waals surface area contributed by atoms with Gasteiger partial charge >= 0.3 is 11.9 Å². The fraction of sp³-hybridized carbons (Fsp3) is 0.714. The lowest BCUT2D eigenvalue weighted by Gasteiger charge is -2.26. The van der Waals surface area contributed by atoms with Gasteiger partial charge in [-0.3, -0.25) is 24.0 Å². The van der Waals surface area contributed by atoms with E-state index in [2.05, 4.69) is 16.0 Å². The van der Waals surface area contributed by atoms with Crippen LogP contribution in [0.15, 0.2) is 0 Å². The minimum atomic E-state index is -1.56. The summed E-state index contributed by atoms with van der Waals surface area (Å²) in [6, 6.07) is -5.21. The van der Waals surface area contributed by atoms with Gasteiger partial charge in [0.05, 0.1) is 12.5 Å². The van der Waals surface area contributed by atoms with Crippen LogP contribution in [0.4, 0.5) is 0 Å². The highest BCUT2D eigenvalue weighted by atomic mass is 16.4. The van der Waals surface area contributed by atoms with Crippen molar-refractivity contribution in [2.24, 2.45) is 23.3 Å². The molecular weight excluding hydrogens is 450 g/mol. The molecule has 0 radical (unpaired) electrons. The van der Waals surface area contributed by atoms with Gasteiger partial charge in [0.2, 0.25) is 23.6 Å². The summed E-state index contributed by atoms with van der Waals surface area (Å²) in [5.74, 6) is -6.75. The lowest BCUT2D eigenvalue weighted by atomic mass is 9.98. The van der Waals surface area contributed by atoms with E-state index in [4.69, 9.17) is 16.6 Å². The van der Waals surface area contributed by atoms with E-state index in [9.17, 15) is 33.9 Å². The van der Waals surface area contributed by atoms with Crippen LogP contribution in [0.2, 0.25) is 0 Å². The van der Waals surface area contributed by atoms with Gasteiger partial charge in [0.1, 0.15) is 18.1 Å². The van der Waals surface area contributed by atoms with Gasteiger partial charge in [-0.25, -0.2) is 4.79 Å². The zero-order chi connectivity index (χ0) is 26.6. The minimum absolute atomic E-state index is 0.240. The summed E-state index contributed by atoms with van der Waals surface area (Å²) in [5, 5.41) is 25.5. The number of carbonyl (C=O) groups is 6. The van der Waals surface area contributed by atoms with Gasteiger partial charge in [-0.05, 0) is 18.3 Å². The van der Waals surface area contributed by atoms with Crippen molar-refractivity contribution in [2.45, 2.75) is 84.0 Å². The molecule has 0 aromatic rings. The Morgan fingerprint density at radius 3 is 1.74 bits per heavy atom. The van der Waals surface area contributed by atoms with E-state index in [1.807, 2.05) is 6.92 Å². The van der Waals surface area contributed by atoms with E-state index in [1.165, 1.54) is 0 Å². The van der Waals surface area contributed by atoms with Crippen molar-refractivity contribution >= 4 is 35.6 Å². The minimum Gasteiger partial charge on any atom is -0.481 e. The van der Waals surface area contributed by atoms with Gasteiger partial charge in [0.15, 0.2) is 0 Å². The highest BCUT2D eigenvalue weighted by Gasteiger charge is 2.33. The maximum Gasteiger partial charge on any atom is 0.326 e. The van der Waals surface area contributed by atoms with Crippen LogP contribution in [-0.4, -0.2) is 69.9 Å². The first-order valence-electron chi connectivity index (χ1n) is 11.1. The molecule has 6 unspecified atom stereocenters. The predicted molar refractivity (Wildman–Crippen MR) is 121 cm³/mol. The maximum atomic E-state index is 12.8. The molecule has 4 amide bonds. The van der Waals surface area contributed by atoms with Crippen molar-refractivity contribution in [3.63, 3.8) is 0 Å². The van der Waals surface area contributed by atoms with Crippen LogP contribution in [0, 0.1) is 11.8 Å². The molecule has 13 heteroatoms. The molecule has 0 aromatic heterocycles. The Morgan fingerprint density at radius 2 is 1.29 bits per heavy atom. The Morgan fingerprint density at radius 1 is 0.794 bits per heavy atom. The Kier molecular flexibility index (Phi) is 13.4. The Bertz CT molecular complexity index is 759. The first-order valence-corrected chi connectivity index (χ1v) is 11.1. The van der Waals surface area contributed by atoms with Gasteiger partial charge in [-0.1, -0.05) is 40.5 Å². The second-order valence-corrected chi connectivity index (χ2v) is 8.35. The number of carbonyl (C=O) groups excluding carboxylic acids is 4. The first-order chi connectivity index (χ1) is 15.7. The number of primary amides is 1. The molecule has 0 fully saturated rings. The van der Waals surface area contributed by atoms with E-state index in [1.54, 1.807) is 20.8 Å². The molecule has 0 spiro atoms. The molecule has 0 saturated carbocycles. The van der Waals surface area contributed by atoms with Crippen LogP contribution in [-0.2, 0) is 28.8 Å². The summed E-state index contributed by atoms with van der Waals surface area (Å²) in [7, 11) is 0. The van der Waals surface area contributed by atoms with Crippen LogP contribution < -0.4 is 27.4 Å². The smallest absolute Gasteiger partial charge is 0.326 e. The highest BCUT2D eigenvalue weighted by Crippen LogP contribution is 2.10. The van der Waals surface area contributed by atoms with Crippen LogP contribution in [0.25, 0.3) is 0 Å². The first kappa shape index (κ1) is 30.8. The number of nitrogens with one attached hydrogen (secondary N) is 3. The molecule has 13 nitrogen and oxygen atoms in total. The summed E-state index contributed by atoms with van der Waals surface area (Å²) < 4.78 is 0.